The molecule has 1 aliphatic carbocycles. The Balaban J connectivity index is 1.92. The van der Waals surface area contributed by atoms with E-state index in [0.717, 1.165) is 18.9 Å². The molecule has 4 nitrogen and oxygen atoms in total. The van der Waals surface area contributed by atoms with E-state index in [0.29, 0.717) is 5.92 Å². The molecule has 2 aliphatic rings. The SMILES string of the molecule is COC1CN(C(=N)C2CCCCC2)CC1OC. The largest absolute Gasteiger partial charge is 0.377 e. The van der Waals surface area contributed by atoms with Crippen LogP contribution in [0.5, 0.6) is 0 Å². The van der Waals surface area contributed by atoms with E-state index < -0.39 is 0 Å². The number of methoxy groups -OCH3 is 2. The fraction of sp³-hybridized carbons (Fsp3) is 0.923. The Bertz CT molecular complexity index is 252. The third kappa shape index (κ3) is 2.80. The predicted octanol–water partition coefficient (Wildman–Crippen LogP) is 1.89. The summed E-state index contributed by atoms with van der Waals surface area (Å²) in [6, 6.07) is 0. The smallest absolute Gasteiger partial charge is 0.102 e. The van der Waals surface area contributed by atoms with Gasteiger partial charge < -0.3 is 14.4 Å². The predicted molar refractivity (Wildman–Crippen MR) is 67.5 cm³/mol. The van der Waals surface area contributed by atoms with Crippen LogP contribution in [0, 0.1) is 11.3 Å². The van der Waals surface area contributed by atoms with Crippen molar-refractivity contribution in [3.05, 3.63) is 0 Å². The Morgan fingerprint density at radius 1 is 1.00 bits per heavy atom. The summed E-state index contributed by atoms with van der Waals surface area (Å²) in [5, 5.41) is 8.33. The molecular weight excluding hydrogens is 216 g/mol. The van der Waals surface area contributed by atoms with Gasteiger partial charge in [-0.2, -0.15) is 0 Å². The minimum Gasteiger partial charge on any atom is -0.377 e. The Labute approximate surface area is 104 Å². The lowest BCUT2D eigenvalue weighted by atomic mass is 9.88. The van der Waals surface area contributed by atoms with Crippen LogP contribution < -0.4 is 0 Å². The zero-order valence-corrected chi connectivity index (χ0v) is 10.9. The van der Waals surface area contributed by atoms with Gasteiger partial charge in [0.05, 0.1) is 5.84 Å². The highest BCUT2D eigenvalue weighted by Gasteiger charge is 2.36. The molecule has 1 N–H and O–H groups in total. The molecule has 1 saturated heterocycles. The standard InChI is InChI=1S/C13H24N2O2/c1-16-11-8-15(9-12(11)17-2)13(14)10-6-4-3-5-7-10/h10-12,14H,3-9H2,1-2H3. The van der Waals surface area contributed by atoms with Gasteiger partial charge >= 0.3 is 0 Å². The molecule has 2 atom stereocenters. The second-order valence-electron chi connectivity index (χ2n) is 5.17. The summed E-state index contributed by atoms with van der Waals surface area (Å²) >= 11 is 0. The summed E-state index contributed by atoms with van der Waals surface area (Å²) in [7, 11) is 3.45. The van der Waals surface area contributed by atoms with Gasteiger partial charge in [-0.1, -0.05) is 19.3 Å². The van der Waals surface area contributed by atoms with E-state index >= 15 is 0 Å². The lowest BCUT2D eigenvalue weighted by Crippen LogP contribution is -2.35. The highest BCUT2D eigenvalue weighted by Crippen LogP contribution is 2.27. The number of nitrogens with one attached hydrogen (secondary N) is 1. The first-order chi connectivity index (χ1) is 8.26. The molecule has 2 unspecified atom stereocenters. The van der Waals surface area contributed by atoms with Gasteiger partial charge in [-0.25, -0.2) is 0 Å². The topological polar surface area (TPSA) is 45.5 Å². The van der Waals surface area contributed by atoms with Crippen LogP contribution in [-0.2, 0) is 9.47 Å². The minimum atomic E-state index is 0.115. The molecule has 0 bridgehead atoms. The first-order valence-electron chi connectivity index (χ1n) is 6.65. The van der Waals surface area contributed by atoms with Gasteiger partial charge in [0.15, 0.2) is 0 Å². The van der Waals surface area contributed by atoms with Crippen molar-refractivity contribution in [1.82, 2.24) is 4.90 Å². The maximum Gasteiger partial charge on any atom is 0.102 e. The molecule has 1 aliphatic heterocycles. The number of likely N-dealkylation sites (tertiary alicyclic amines) is 1. The summed E-state index contributed by atoms with van der Waals surface area (Å²) in [6.45, 7) is 1.62. The van der Waals surface area contributed by atoms with E-state index in [2.05, 4.69) is 4.90 Å². The van der Waals surface area contributed by atoms with Crippen molar-refractivity contribution in [1.29, 1.82) is 5.41 Å². The minimum absolute atomic E-state index is 0.115. The molecule has 0 spiro atoms. The monoisotopic (exact) mass is 240 g/mol. The number of hydrogen-bond donors (Lipinski definition) is 1. The molecule has 0 aromatic heterocycles. The van der Waals surface area contributed by atoms with Gasteiger partial charge in [-0.3, -0.25) is 5.41 Å². The summed E-state index contributed by atoms with van der Waals surface area (Å²) in [6.07, 6.45) is 6.50. The van der Waals surface area contributed by atoms with Crippen LogP contribution in [0.2, 0.25) is 0 Å². The van der Waals surface area contributed by atoms with E-state index in [9.17, 15) is 0 Å². The van der Waals surface area contributed by atoms with Gasteiger partial charge in [0.25, 0.3) is 0 Å². The first-order valence-corrected chi connectivity index (χ1v) is 6.65. The van der Waals surface area contributed by atoms with E-state index in [4.69, 9.17) is 14.9 Å². The quantitative estimate of drug-likeness (QED) is 0.605. The van der Waals surface area contributed by atoms with Crippen LogP contribution in [0.1, 0.15) is 32.1 Å². The molecule has 1 saturated carbocycles. The normalized spacial score (nSPS) is 30.8. The maximum atomic E-state index is 8.33. The van der Waals surface area contributed by atoms with Crippen LogP contribution in [0.3, 0.4) is 0 Å². The van der Waals surface area contributed by atoms with Gasteiger partial charge in [0, 0.05) is 33.2 Å². The summed E-state index contributed by atoms with van der Waals surface area (Å²) in [4.78, 5) is 2.15. The second-order valence-corrected chi connectivity index (χ2v) is 5.17. The van der Waals surface area contributed by atoms with Crippen molar-refractivity contribution in [2.24, 2.45) is 5.92 Å². The highest BCUT2D eigenvalue weighted by molar-refractivity contribution is 5.82. The van der Waals surface area contributed by atoms with Gasteiger partial charge in [-0.05, 0) is 12.8 Å². The molecule has 17 heavy (non-hydrogen) atoms. The molecule has 2 fully saturated rings. The summed E-state index contributed by atoms with van der Waals surface area (Å²) in [5.41, 5.74) is 0. The molecule has 0 radical (unpaired) electrons. The maximum absolute atomic E-state index is 8.33. The van der Waals surface area contributed by atoms with Crippen molar-refractivity contribution in [2.75, 3.05) is 27.3 Å². The Morgan fingerprint density at radius 2 is 1.53 bits per heavy atom. The van der Waals surface area contributed by atoms with Crippen LogP contribution in [0.4, 0.5) is 0 Å². The van der Waals surface area contributed by atoms with Gasteiger partial charge in [-0.15, -0.1) is 0 Å². The first kappa shape index (κ1) is 12.8. The molecule has 4 heteroatoms. The van der Waals surface area contributed by atoms with Gasteiger partial charge in [0.1, 0.15) is 12.2 Å². The number of hydrogen-bond acceptors (Lipinski definition) is 3. The number of ether oxygens (including phenoxy) is 2. The molecular formula is C13H24N2O2. The lowest BCUT2D eigenvalue weighted by molar-refractivity contribution is -0.00461. The molecule has 2 rings (SSSR count). The zero-order chi connectivity index (χ0) is 12.3. The number of rotatable bonds is 3. The van der Waals surface area contributed by atoms with Crippen molar-refractivity contribution in [3.8, 4) is 0 Å². The van der Waals surface area contributed by atoms with Crippen molar-refractivity contribution >= 4 is 5.84 Å². The van der Waals surface area contributed by atoms with Crippen LogP contribution in [0.25, 0.3) is 0 Å². The van der Waals surface area contributed by atoms with Crippen LogP contribution in [0.15, 0.2) is 0 Å². The molecule has 0 aromatic carbocycles. The number of amidine groups is 1. The molecule has 0 amide bonds. The average molecular weight is 240 g/mol. The van der Waals surface area contributed by atoms with Crippen molar-refractivity contribution in [3.63, 3.8) is 0 Å². The Morgan fingerprint density at radius 3 is 2.00 bits per heavy atom. The molecule has 98 valence electrons. The van der Waals surface area contributed by atoms with E-state index in [1.165, 1.54) is 32.1 Å². The third-order valence-corrected chi connectivity index (χ3v) is 4.15. The molecule has 0 aromatic rings. The zero-order valence-electron chi connectivity index (χ0n) is 10.9. The van der Waals surface area contributed by atoms with Crippen molar-refractivity contribution in [2.45, 2.75) is 44.3 Å². The fourth-order valence-corrected chi connectivity index (χ4v) is 3.03. The van der Waals surface area contributed by atoms with Crippen molar-refractivity contribution < 1.29 is 9.47 Å². The van der Waals surface area contributed by atoms with Crippen LogP contribution in [-0.4, -0.2) is 50.3 Å². The fourth-order valence-electron chi connectivity index (χ4n) is 3.03. The van der Waals surface area contributed by atoms with E-state index in [-0.39, 0.29) is 12.2 Å². The number of nitrogens with zero attached hydrogens (tertiary/aromatic N) is 1. The Hall–Kier alpha value is -0.610. The van der Waals surface area contributed by atoms with Crippen LogP contribution >= 0.6 is 0 Å². The second kappa shape index (κ2) is 5.83. The van der Waals surface area contributed by atoms with E-state index in [1.54, 1.807) is 14.2 Å². The van der Waals surface area contributed by atoms with E-state index in [1.807, 2.05) is 0 Å². The molecule has 1 heterocycles. The lowest BCUT2D eigenvalue weighted by Gasteiger charge is -2.28. The summed E-state index contributed by atoms with van der Waals surface area (Å²) < 4.78 is 10.8. The highest BCUT2D eigenvalue weighted by atomic mass is 16.5. The Kier molecular flexibility index (Phi) is 4.40. The average Bonchev–Trinajstić information content (AvgIpc) is 2.82. The summed E-state index contributed by atoms with van der Waals surface area (Å²) in [5.74, 6) is 1.28. The van der Waals surface area contributed by atoms with Gasteiger partial charge in [0.2, 0.25) is 0 Å². The third-order valence-electron chi connectivity index (χ3n) is 4.15.